The van der Waals surface area contributed by atoms with Crippen molar-refractivity contribution in [3.63, 3.8) is 0 Å². The fourth-order valence-corrected chi connectivity index (χ4v) is 3.96. The number of rotatable bonds is 5. The van der Waals surface area contributed by atoms with E-state index in [2.05, 4.69) is 41.3 Å². The molecule has 3 heterocycles. The van der Waals surface area contributed by atoms with E-state index < -0.39 is 0 Å². The normalized spacial score (nSPS) is 28.1. The molecule has 0 aliphatic carbocycles. The van der Waals surface area contributed by atoms with E-state index in [1.54, 1.807) is 16.2 Å². The summed E-state index contributed by atoms with van der Waals surface area (Å²) in [5.74, 6) is 0.476. The van der Waals surface area contributed by atoms with Crippen LogP contribution in [0.4, 0.5) is 0 Å². The van der Waals surface area contributed by atoms with Crippen LogP contribution in [0.1, 0.15) is 32.3 Å². The second-order valence-electron chi connectivity index (χ2n) is 6.64. The Hall–Kier alpha value is -1.40. The molecule has 1 aromatic rings. The molecule has 3 rings (SSSR count). The highest BCUT2D eigenvalue weighted by Gasteiger charge is 2.46. The van der Waals surface area contributed by atoms with E-state index in [0.29, 0.717) is 25.3 Å². The molecule has 1 aromatic heterocycles. The molecule has 0 radical (unpaired) electrons. The zero-order valence-electron chi connectivity index (χ0n) is 13.0. The van der Waals surface area contributed by atoms with Crippen LogP contribution in [0.2, 0.25) is 0 Å². The molecule has 0 spiro atoms. The van der Waals surface area contributed by atoms with Crippen LogP contribution in [-0.2, 0) is 16.1 Å². The van der Waals surface area contributed by atoms with Gasteiger partial charge in [0.1, 0.15) is 12.1 Å². The quantitative estimate of drug-likeness (QED) is 0.861. The van der Waals surface area contributed by atoms with Crippen molar-refractivity contribution in [2.24, 2.45) is 5.92 Å². The van der Waals surface area contributed by atoms with E-state index >= 15 is 0 Å². The van der Waals surface area contributed by atoms with Gasteiger partial charge in [0, 0.05) is 19.1 Å². The van der Waals surface area contributed by atoms with Crippen LogP contribution < -0.4 is 10.6 Å². The van der Waals surface area contributed by atoms with Gasteiger partial charge in [-0.25, -0.2) is 0 Å². The van der Waals surface area contributed by atoms with E-state index in [-0.39, 0.29) is 29.9 Å². The van der Waals surface area contributed by atoms with E-state index in [1.807, 2.05) is 0 Å². The van der Waals surface area contributed by atoms with Crippen LogP contribution >= 0.6 is 11.3 Å². The molecular weight excluding hydrogens is 298 g/mol. The maximum atomic E-state index is 12.6. The fourth-order valence-electron chi connectivity index (χ4n) is 3.29. The Bertz CT molecular complexity index is 544. The van der Waals surface area contributed by atoms with Gasteiger partial charge in [-0.1, -0.05) is 13.8 Å². The van der Waals surface area contributed by atoms with Crippen molar-refractivity contribution >= 4 is 23.2 Å². The lowest BCUT2D eigenvalue weighted by Gasteiger charge is -2.35. The third kappa shape index (κ3) is 3.17. The summed E-state index contributed by atoms with van der Waals surface area (Å²) in [6.07, 6.45) is 1.41. The number of amides is 2. The summed E-state index contributed by atoms with van der Waals surface area (Å²) in [5, 5.41) is 10.5. The van der Waals surface area contributed by atoms with Crippen molar-refractivity contribution in [1.82, 2.24) is 15.5 Å². The minimum absolute atomic E-state index is 0.00471. The van der Waals surface area contributed by atoms with Crippen LogP contribution in [0.25, 0.3) is 0 Å². The second-order valence-corrected chi connectivity index (χ2v) is 7.42. The van der Waals surface area contributed by atoms with Gasteiger partial charge in [-0.3, -0.25) is 9.59 Å². The number of fused-ring (bicyclic) bond motifs is 1. The number of hydrogen-bond acceptors (Lipinski definition) is 4. The first-order valence-electron chi connectivity index (χ1n) is 7.90. The Morgan fingerprint density at radius 1 is 1.45 bits per heavy atom. The summed E-state index contributed by atoms with van der Waals surface area (Å²) in [5.41, 5.74) is 1.25. The van der Waals surface area contributed by atoms with Gasteiger partial charge in [0.25, 0.3) is 0 Å². The SMILES string of the molecule is CC(C)C[C@@H]1NC(=O)[C@@H]2C[C@H](NCc3ccsc3)CN2C1=O. The predicted molar refractivity (Wildman–Crippen MR) is 86.5 cm³/mol. The fraction of sp³-hybridized carbons (Fsp3) is 0.625. The number of carbonyl (C=O) groups is 2. The molecule has 2 N–H and O–H groups in total. The Morgan fingerprint density at radius 2 is 2.27 bits per heavy atom. The lowest BCUT2D eigenvalue weighted by molar-refractivity contribution is -0.147. The molecule has 2 saturated heterocycles. The second kappa shape index (κ2) is 6.38. The van der Waals surface area contributed by atoms with Crippen molar-refractivity contribution in [3.05, 3.63) is 22.4 Å². The maximum absolute atomic E-state index is 12.6. The van der Waals surface area contributed by atoms with Crippen molar-refractivity contribution in [1.29, 1.82) is 0 Å². The van der Waals surface area contributed by atoms with Gasteiger partial charge in [0.15, 0.2) is 0 Å². The smallest absolute Gasteiger partial charge is 0.245 e. The molecule has 22 heavy (non-hydrogen) atoms. The largest absolute Gasteiger partial charge is 0.342 e. The van der Waals surface area contributed by atoms with E-state index in [1.165, 1.54) is 5.56 Å². The van der Waals surface area contributed by atoms with Crippen molar-refractivity contribution in [3.8, 4) is 0 Å². The first kappa shape index (κ1) is 15.5. The van der Waals surface area contributed by atoms with Crippen molar-refractivity contribution in [2.75, 3.05) is 6.54 Å². The summed E-state index contributed by atoms with van der Waals surface area (Å²) in [7, 11) is 0. The summed E-state index contributed by atoms with van der Waals surface area (Å²) >= 11 is 1.68. The summed E-state index contributed by atoms with van der Waals surface area (Å²) in [6.45, 7) is 5.57. The molecule has 0 unspecified atom stereocenters. The van der Waals surface area contributed by atoms with Crippen molar-refractivity contribution < 1.29 is 9.59 Å². The first-order chi connectivity index (χ1) is 10.5. The zero-order chi connectivity index (χ0) is 15.7. The molecular formula is C16H23N3O2S. The Labute approximate surface area is 135 Å². The number of carbonyl (C=O) groups excluding carboxylic acids is 2. The van der Waals surface area contributed by atoms with Crippen molar-refractivity contribution in [2.45, 2.75) is 51.4 Å². The summed E-state index contributed by atoms with van der Waals surface area (Å²) < 4.78 is 0. The molecule has 0 aromatic carbocycles. The highest BCUT2D eigenvalue weighted by molar-refractivity contribution is 7.07. The summed E-state index contributed by atoms with van der Waals surface area (Å²) in [6, 6.07) is 1.64. The standard InChI is InChI=1S/C16H23N3O2S/c1-10(2)5-13-16(21)19-8-12(6-14(19)15(20)18-13)17-7-11-3-4-22-9-11/h3-4,9-10,12-14,17H,5-8H2,1-2H3,(H,18,20)/t12-,13-,14-/m0/s1. The minimum atomic E-state index is -0.348. The lowest BCUT2D eigenvalue weighted by Crippen LogP contribution is -2.61. The van der Waals surface area contributed by atoms with Crippen LogP contribution in [0, 0.1) is 5.92 Å². The van der Waals surface area contributed by atoms with Crippen LogP contribution in [0.5, 0.6) is 0 Å². The highest BCUT2D eigenvalue weighted by atomic mass is 32.1. The zero-order valence-corrected chi connectivity index (χ0v) is 13.9. The topological polar surface area (TPSA) is 61.4 Å². The number of nitrogens with zero attached hydrogens (tertiary/aromatic N) is 1. The van der Waals surface area contributed by atoms with E-state index in [4.69, 9.17) is 0 Å². The maximum Gasteiger partial charge on any atom is 0.245 e. The van der Waals surface area contributed by atoms with Crippen LogP contribution in [0.15, 0.2) is 16.8 Å². The molecule has 0 bridgehead atoms. The molecule has 2 aliphatic rings. The first-order valence-corrected chi connectivity index (χ1v) is 8.84. The Balaban J connectivity index is 1.61. The predicted octanol–water partition coefficient (Wildman–Crippen LogP) is 1.35. The van der Waals surface area contributed by atoms with Gasteiger partial charge in [-0.15, -0.1) is 0 Å². The van der Waals surface area contributed by atoms with E-state index in [9.17, 15) is 9.59 Å². The van der Waals surface area contributed by atoms with E-state index in [0.717, 1.165) is 6.54 Å². The highest BCUT2D eigenvalue weighted by Crippen LogP contribution is 2.25. The van der Waals surface area contributed by atoms with Crippen LogP contribution in [0.3, 0.4) is 0 Å². The Kier molecular flexibility index (Phi) is 4.49. The number of piperazine rings is 1. The van der Waals surface area contributed by atoms with Crippen LogP contribution in [-0.4, -0.2) is 41.4 Å². The van der Waals surface area contributed by atoms with Gasteiger partial charge >= 0.3 is 0 Å². The van der Waals surface area contributed by atoms with Gasteiger partial charge in [-0.05, 0) is 41.1 Å². The number of nitrogens with one attached hydrogen (secondary N) is 2. The Morgan fingerprint density at radius 3 is 2.95 bits per heavy atom. The number of thiophene rings is 1. The minimum Gasteiger partial charge on any atom is -0.342 e. The third-order valence-corrected chi connectivity index (χ3v) is 5.12. The molecule has 5 nitrogen and oxygen atoms in total. The average molecular weight is 321 g/mol. The van der Waals surface area contributed by atoms with Gasteiger partial charge in [-0.2, -0.15) is 11.3 Å². The lowest BCUT2D eigenvalue weighted by atomic mass is 9.99. The number of hydrogen-bond donors (Lipinski definition) is 2. The molecule has 3 atom stereocenters. The van der Waals surface area contributed by atoms with Gasteiger partial charge in [0.2, 0.25) is 11.8 Å². The van der Waals surface area contributed by atoms with Gasteiger partial charge < -0.3 is 15.5 Å². The average Bonchev–Trinajstić information content (AvgIpc) is 3.11. The monoisotopic (exact) mass is 321 g/mol. The summed E-state index contributed by atoms with van der Waals surface area (Å²) in [4.78, 5) is 26.6. The molecule has 6 heteroatoms. The third-order valence-electron chi connectivity index (χ3n) is 4.38. The molecule has 2 amide bonds. The molecule has 2 aliphatic heterocycles. The van der Waals surface area contributed by atoms with Gasteiger partial charge in [0.05, 0.1) is 0 Å². The molecule has 0 saturated carbocycles. The molecule has 2 fully saturated rings. The molecule has 120 valence electrons.